The first-order valence-corrected chi connectivity index (χ1v) is 8.10. The lowest BCUT2D eigenvalue weighted by molar-refractivity contribution is 0.0616. The molecule has 118 valence electrons. The minimum absolute atomic E-state index is 0.116. The largest absolute Gasteiger partial charge is 0.337 e. The summed E-state index contributed by atoms with van der Waals surface area (Å²) in [4.78, 5) is 14.7. The first-order valence-electron chi connectivity index (χ1n) is 8.10. The van der Waals surface area contributed by atoms with Crippen molar-refractivity contribution in [2.24, 2.45) is 13.0 Å². The number of amides is 1. The van der Waals surface area contributed by atoms with Gasteiger partial charge in [0.1, 0.15) is 5.69 Å². The molecule has 1 aliphatic heterocycles. The first kappa shape index (κ1) is 16.0. The molecule has 2 heterocycles. The summed E-state index contributed by atoms with van der Waals surface area (Å²) in [5.41, 5.74) is 1.59. The summed E-state index contributed by atoms with van der Waals surface area (Å²) in [6.07, 6.45) is 3.31. The molecule has 0 bridgehead atoms. The van der Waals surface area contributed by atoms with E-state index in [0.29, 0.717) is 17.7 Å². The second-order valence-electron chi connectivity index (χ2n) is 6.06. The highest BCUT2D eigenvalue weighted by molar-refractivity contribution is 5.92. The van der Waals surface area contributed by atoms with Crippen molar-refractivity contribution in [3.05, 3.63) is 17.5 Å². The molecule has 1 amide bonds. The standard InChI is InChI=1S/C16H28N4O/c1-5-8-17-14-7-9-20(11-13(14)6-2)16(21)15-10-12(3)18-19(15)4/h10,13-14,17H,5-9,11H2,1-4H3. The van der Waals surface area contributed by atoms with Gasteiger partial charge in [-0.15, -0.1) is 0 Å². The summed E-state index contributed by atoms with van der Waals surface area (Å²) in [6, 6.07) is 2.43. The van der Waals surface area contributed by atoms with Gasteiger partial charge in [0.2, 0.25) is 0 Å². The Morgan fingerprint density at radius 3 is 2.81 bits per heavy atom. The monoisotopic (exact) mass is 292 g/mol. The number of hydrogen-bond acceptors (Lipinski definition) is 3. The molecule has 5 nitrogen and oxygen atoms in total. The molecule has 5 heteroatoms. The van der Waals surface area contributed by atoms with Crippen LogP contribution in [0.5, 0.6) is 0 Å². The predicted octanol–water partition coefficient (Wildman–Crippen LogP) is 1.97. The summed E-state index contributed by atoms with van der Waals surface area (Å²) >= 11 is 0. The average Bonchev–Trinajstić information content (AvgIpc) is 2.82. The number of carbonyl (C=O) groups excluding carboxylic acids is 1. The van der Waals surface area contributed by atoms with Gasteiger partial charge in [-0.3, -0.25) is 9.48 Å². The van der Waals surface area contributed by atoms with Crippen LogP contribution < -0.4 is 5.32 Å². The second kappa shape index (κ2) is 7.07. The van der Waals surface area contributed by atoms with E-state index in [9.17, 15) is 4.79 Å². The maximum atomic E-state index is 12.7. The van der Waals surface area contributed by atoms with E-state index in [1.54, 1.807) is 4.68 Å². The summed E-state index contributed by atoms with van der Waals surface area (Å²) in [6.45, 7) is 9.08. The summed E-state index contributed by atoms with van der Waals surface area (Å²) < 4.78 is 1.69. The van der Waals surface area contributed by atoms with E-state index in [0.717, 1.165) is 44.6 Å². The van der Waals surface area contributed by atoms with Crippen molar-refractivity contribution >= 4 is 5.91 Å². The van der Waals surface area contributed by atoms with E-state index in [1.165, 1.54) is 0 Å². The van der Waals surface area contributed by atoms with Crippen LogP contribution in [0.25, 0.3) is 0 Å². The van der Waals surface area contributed by atoms with Crippen LogP contribution in [0.1, 0.15) is 49.3 Å². The van der Waals surface area contributed by atoms with Gasteiger partial charge < -0.3 is 10.2 Å². The van der Waals surface area contributed by atoms with Gasteiger partial charge in [-0.25, -0.2) is 0 Å². The van der Waals surface area contributed by atoms with E-state index in [4.69, 9.17) is 0 Å². The van der Waals surface area contributed by atoms with Crippen molar-refractivity contribution in [2.45, 2.75) is 46.1 Å². The predicted molar refractivity (Wildman–Crippen MR) is 84.3 cm³/mol. The van der Waals surface area contributed by atoms with E-state index in [-0.39, 0.29) is 5.91 Å². The zero-order chi connectivity index (χ0) is 15.4. The quantitative estimate of drug-likeness (QED) is 0.902. The lowest BCUT2D eigenvalue weighted by Gasteiger charge is -2.38. The molecule has 0 radical (unpaired) electrons. The summed E-state index contributed by atoms with van der Waals surface area (Å²) in [5, 5.41) is 7.91. The van der Waals surface area contributed by atoms with Crippen molar-refractivity contribution in [3.63, 3.8) is 0 Å². The van der Waals surface area contributed by atoms with Crippen molar-refractivity contribution in [1.29, 1.82) is 0 Å². The zero-order valence-corrected chi connectivity index (χ0v) is 13.7. The third-order valence-electron chi connectivity index (χ3n) is 4.42. The minimum atomic E-state index is 0.116. The average molecular weight is 292 g/mol. The molecule has 2 unspecified atom stereocenters. The summed E-state index contributed by atoms with van der Waals surface area (Å²) in [7, 11) is 1.84. The van der Waals surface area contributed by atoms with E-state index >= 15 is 0 Å². The van der Waals surface area contributed by atoms with Crippen LogP contribution >= 0.6 is 0 Å². The molecule has 0 aromatic carbocycles. The Morgan fingerprint density at radius 1 is 1.48 bits per heavy atom. The number of rotatable bonds is 5. The molecule has 0 aliphatic carbocycles. The van der Waals surface area contributed by atoms with Gasteiger partial charge in [-0.1, -0.05) is 20.3 Å². The number of likely N-dealkylation sites (tertiary alicyclic amines) is 1. The van der Waals surface area contributed by atoms with Crippen molar-refractivity contribution in [1.82, 2.24) is 20.0 Å². The van der Waals surface area contributed by atoms with Gasteiger partial charge in [0.05, 0.1) is 5.69 Å². The Labute approximate surface area is 127 Å². The number of aryl methyl sites for hydroxylation is 2. The molecule has 2 atom stereocenters. The van der Waals surface area contributed by atoms with Gasteiger partial charge in [0.15, 0.2) is 0 Å². The van der Waals surface area contributed by atoms with Crippen LogP contribution in [-0.2, 0) is 7.05 Å². The van der Waals surface area contributed by atoms with Crippen molar-refractivity contribution < 1.29 is 4.79 Å². The van der Waals surface area contributed by atoms with E-state index in [2.05, 4.69) is 24.3 Å². The van der Waals surface area contributed by atoms with Gasteiger partial charge in [0, 0.05) is 26.2 Å². The Hall–Kier alpha value is -1.36. The third-order valence-corrected chi connectivity index (χ3v) is 4.42. The Kier molecular flexibility index (Phi) is 5.39. The van der Waals surface area contributed by atoms with E-state index < -0.39 is 0 Å². The Balaban J connectivity index is 2.03. The fraction of sp³-hybridized carbons (Fsp3) is 0.750. The number of piperidine rings is 1. The van der Waals surface area contributed by atoms with Crippen LogP contribution in [-0.4, -0.2) is 46.3 Å². The molecule has 1 aromatic heterocycles. The lowest BCUT2D eigenvalue weighted by Crippen LogP contribution is -2.51. The molecule has 0 saturated carbocycles. The van der Waals surface area contributed by atoms with E-state index in [1.807, 2.05) is 24.9 Å². The Morgan fingerprint density at radius 2 is 2.24 bits per heavy atom. The number of aromatic nitrogens is 2. The number of nitrogens with zero attached hydrogens (tertiary/aromatic N) is 3. The van der Waals surface area contributed by atoms with Crippen LogP contribution in [0.4, 0.5) is 0 Å². The smallest absolute Gasteiger partial charge is 0.272 e. The molecule has 0 spiro atoms. The minimum Gasteiger partial charge on any atom is -0.337 e. The van der Waals surface area contributed by atoms with Gasteiger partial charge in [0.25, 0.3) is 5.91 Å². The molecular weight excluding hydrogens is 264 g/mol. The first-order chi connectivity index (χ1) is 10.1. The molecule has 21 heavy (non-hydrogen) atoms. The summed E-state index contributed by atoms with van der Waals surface area (Å²) in [5.74, 6) is 0.661. The third kappa shape index (κ3) is 3.64. The molecule has 1 saturated heterocycles. The number of hydrogen-bond donors (Lipinski definition) is 1. The van der Waals surface area contributed by atoms with Crippen LogP contribution in [0, 0.1) is 12.8 Å². The molecular formula is C16H28N4O. The maximum absolute atomic E-state index is 12.7. The SMILES string of the molecule is CCCNC1CCN(C(=O)c2cc(C)nn2C)CC1CC. The topological polar surface area (TPSA) is 50.2 Å². The zero-order valence-electron chi connectivity index (χ0n) is 13.7. The molecule has 2 rings (SSSR count). The fourth-order valence-corrected chi connectivity index (χ4v) is 3.20. The normalized spacial score (nSPS) is 22.6. The van der Waals surface area contributed by atoms with Gasteiger partial charge >= 0.3 is 0 Å². The highest BCUT2D eigenvalue weighted by Crippen LogP contribution is 2.22. The lowest BCUT2D eigenvalue weighted by atomic mass is 9.89. The van der Waals surface area contributed by atoms with Crippen molar-refractivity contribution in [2.75, 3.05) is 19.6 Å². The van der Waals surface area contributed by atoms with Gasteiger partial charge in [-0.05, 0) is 38.3 Å². The maximum Gasteiger partial charge on any atom is 0.272 e. The number of nitrogens with one attached hydrogen (secondary N) is 1. The highest BCUT2D eigenvalue weighted by atomic mass is 16.2. The van der Waals surface area contributed by atoms with Crippen molar-refractivity contribution in [3.8, 4) is 0 Å². The second-order valence-corrected chi connectivity index (χ2v) is 6.06. The molecule has 1 aliphatic rings. The molecule has 1 fully saturated rings. The number of carbonyl (C=O) groups is 1. The fourth-order valence-electron chi connectivity index (χ4n) is 3.20. The van der Waals surface area contributed by atoms with Crippen LogP contribution in [0.2, 0.25) is 0 Å². The van der Waals surface area contributed by atoms with Crippen LogP contribution in [0.3, 0.4) is 0 Å². The van der Waals surface area contributed by atoms with Crippen LogP contribution in [0.15, 0.2) is 6.07 Å². The van der Waals surface area contributed by atoms with Gasteiger partial charge in [-0.2, -0.15) is 5.10 Å². The molecule has 1 N–H and O–H groups in total. The Bertz CT molecular complexity index is 483. The molecule has 1 aromatic rings. The highest BCUT2D eigenvalue weighted by Gasteiger charge is 2.31.